The van der Waals surface area contributed by atoms with E-state index in [1.807, 2.05) is 0 Å². The third-order valence-corrected chi connectivity index (χ3v) is 4.57. The van der Waals surface area contributed by atoms with E-state index in [1.54, 1.807) is 6.07 Å². The van der Waals surface area contributed by atoms with Crippen LogP contribution in [-0.2, 0) is 0 Å². The number of carbonyl (C=O) groups excluding carboxylic acids is 1. The molecule has 1 fully saturated rings. The molecule has 2 unspecified atom stereocenters. The summed E-state index contributed by atoms with van der Waals surface area (Å²) in [6, 6.07) is 1.81. The smallest absolute Gasteiger partial charge is 0.172 e. The van der Waals surface area contributed by atoms with E-state index in [0.717, 1.165) is 24.8 Å². The van der Waals surface area contributed by atoms with Gasteiger partial charge in [0.2, 0.25) is 0 Å². The first-order chi connectivity index (χ1) is 10.2. The molecule has 0 aromatic heterocycles. The number of halogens is 1. The predicted molar refractivity (Wildman–Crippen MR) is 80.4 cm³/mol. The number of hydrogen-bond donors (Lipinski definition) is 1. The topological polar surface area (TPSA) is 64.8 Å². The van der Waals surface area contributed by atoms with Gasteiger partial charge in [0.25, 0.3) is 0 Å². The molecule has 2 heterocycles. The lowest BCUT2D eigenvalue weighted by molar-refractivity contribution is 0.111. The van der Waals surface area contributed by atoms with Gasteiger partial charge in [0.1, 0.15) is 13.2 Å². The highest BCUT2D eigenvalue weighted by molar-refractivity contribution is 6.32. The lowest BCUT2D eigenvalue weighted by Crippen LogP contribution is -2.23. The monoisotopic (exact) mass is 310 g/mol. The number of likely N-dealkylation sites (tertiary alicyclic amines) is 1. The summed E-state index contributed by atoms with van der Waals surface area (Å²) < 4.78 is 11.4. The molecule has 21 heavy (non-hydrogen) atoms. The van der Waals surface area contributed by atoms with Crippen molar-refractivity contribution >= 4 is 17.9 Å². The summed E-state index contributed by atoms with van der Waals surface area (Å²) in [6.07, 6.45) is 1.69. The molecule has 0 amide bonds. The van der Waals surface area contributed by atoms with Crippen LogP contribution in [0.1, 0.15) is 28.4 Å². The van der Waals surface area contributed by atoms with Gasteiger partial charge in [-0.25, -0.2) is 0 Å². The van der Waals surface area contributed by atoms with Gasteiger partial charge < -0.3 is 15.2 Å². The fraction of sp³-hybridized carbons (Fsp3) is 0.533. The van der Waals surface area contributed by atoms with Crippen molar-refractivity contribution in [3.8, 4) is 11.5 Å². The van der Waals surface area contributed by atoms with E-state index in [4.69, 9.17) is 26.8 Å². The summed E-state index contributed by atoms with van der Waals surface area (Å²) in [6.45, 7) is 2.50. The highest BCUT2D eigenvalue weighted by atomic mass is 35.5. The van der Waals surface area contributed by atoms with Gasteiger partial charge in [0.15, 0.2) is 17.8 Å². The lowest BCUT2D eigenvalue weighted by atomic mass is 9.97. The van der Waals surface area contributed by atoms with Gasteiger partial charge in [-0.1, -0.05) is 11.6 Å². The van der Waals surface area contributed by atoms with Crippen molar-refractivity contribution in [3.63, 3.8) is 0 Å². The van der Waals surface area contributed by atoms with E-state index in [0.29, 0.717) is 47.8 Å². The minimum absolute atomic E-state index is 0.141. The molecule has 5 nitrogen and oxygen atoms in total. The highest BCUT2D eigenvalue weighted by Gasteiger charge is 2.35. The third-order valence-electron chi connectivity index (χ3n) is 4.26. The molecule has 0 bridgehead atoms. The van der Waals surface area contributed by atoms with E-state index < -0.39 is 0 Å². The van der Waals surface area contributed by atoms with Gasteiger partial charge in [-0.15, -0.1) is 0 Å². The molecule has 2 aliphatic heterocycles. The molecule has 6 heteroatoms. The maximum atomic E-state index is 11.2. The van der Waals surface area contributed by atoms with Crippen LogP contribution in [-0.4, -0.2) is 44.5 Å². The Kier molecular flexibility index (Phi) is 4.06. The molecule has 0 spiro atoms. The minimum Gasteiger partial charge on any atom is -0.486 e. The lowest BCUT2D eigenvalue weighted by Gasteiger charge is -2.28. The number of nitrogens with two attached hydrogens (primary N) is 1. The van der Waals surface area contributed by atoms with Crippen molar-refractivity contribution in [1.82, 2.24) is 4.90 Å². The number of hydrogen-bond acceptors (Lipinski definition) is 5. The number of fused-ring (bicyclic) bond motifs is 1. The van der Waals surface area contributed by atoms with E-state index in [1.165, 1.54) is 0 Å². The quantitative estimate of drug-likeness (QED) is 0.864. The van der Waals surface area contributed by atoms with E-state index in [9.17, 15) is 4.79 Å². The van der Waals surface area contributed by atoms with Gasteiger partial charge in [0, 0.05) is 18.2 Å². The van der Waals surface area contributed by atoms with Crippen molar-refractivity contribution < 1.29 is 14.3 Å². The van der Waals surface area contributed by atoms with Crippen LogP contribution in [0.3, 0.4) is 0 Å². The summed E-state index contributed by atoms with van der Waals surface area (Å²) in [4.78, 5) is 13.4. The average molecular weight is 311 g/mol. The Morgan fingerprint density at radius 1 is 1.43 bits per heavy atom. The summed E-state index contributed by atoms with van der Waals surface area (Å²) in [5.74, 6) is 1.58. The Morgan fingerprint density at radius 2 is 2.14 bits per heavy atom. The van der Waals surface area contributed by atoms with E-state index >= 15 is 0 Å². The standard InChI is InChI=1S/C15H19ClN2O3/c1-18-7-9(6-17)4-12(18)13-11(16)5-10(8-19)14-15(13)21-3-2-20-14/h5,8-9,12H,2-4,6-7,17H2,1H3. The molecule has 2 atom stereocenters. The van der Waals surface area contributed by atoms with Crippen LogP contribution in [0.4, 0.5) is 0 Å². The summed E-state index contributed by atoms with van der Waals surface area (Å²) in [7, 11) is 2.06. The molecule has 1 aromatic carbocycles. The van der Waals surface area contributed by atoms with Crippen LogP contribution >= 0.6 is 11.6 Å². The van der Waals surface area contributed by atoms with Crippen molar-refractivity contribution in [3.05, 3.63) is 22.2 Å². The Labute approximate surface area is 128 Å². The second kappa shape index (κ2) is 5.83. The molecule has 0 radical (unpaired) electrons. The van der Waals surface area contributed by atoms with Crippen molar-refractivity contribution in [2.75, 3.05) is 33.4 Å². The Balaban J connectivity index is 2.08. The summed E-state index contributed by atoms with van der Waals surface area (Å²) in [5, 5.41) is 0.552. The Bertz CT molecular complexity index is 564. The average Bonchev–Trinajstić information content (AvgIpc) is 2.87. The van der Waals surface area contributed by atoms with Crippen LogP contribution in [0.15, 0.2) is 6.07 Å². The molecular weight excluding hydrogens is 292 g/mol. The normalized spacial score (nSPS) is 25.1. The molecule has 2 aliphatic rings. The molecule has 2 N–H and O–H groups in total. The number of ether oxygens (including phenoxy) is 2. The predicted octanol–water partition coefficient (Wildman–Crippen LogP) is 1.88. The second-order valence-electron chi connectivity index (χ2n) is 5.63. The van der Waals surface area contributed by atoms with Crippen LogP contribution in [0.25, 0.3) is 0 Å². The molecular formula is C15H19ClN2O3. The fourth-order valence-corrected chi connectivity index (χ4v) is 3.56. The first-order valence-electron chi connectivity index (χ1n) is 7.13. The molecule has 1 saturated heterocycles. The zero-order valence-corrected chi connectivity index (χ0v) is 12.7. The molecule has 1 aromatic rings. The maximum absolute atomic E-state index is 11.2. The van der Waals surface area contributed by atoms with Crippen LogP contribution < -0.4 is 15.2 Å². The number of rotatable bonds is 3. The molecule has 114 valence electrons. The minimum atomic E-state index is 0.141. The number of aldehydes is 1. The zero-order valence-electron chi connectivity index (χ0n) is 12.0. The third kappa shape index (κ3) is 2.50. The highest BCUT2D eigenvalue weighted by Crippen LogP contribution is 2.48. The zero-order chi connectivity index (χ0) is 15.0. The first kappa shape index (κ1) is 14.6. The van der Waals surface area contributed by atoms with Gasteiger partial charge in [-0.05, 0) is 32.0 Å². The van der Waals surface area contributed by atoms with Gasteiger partial charge in [0.05, 0.1) is 10.6 Å². The molecule has 0 aliphatic carbocycles. The van der Waals surface area contributed by atoms with Crippen molar-refractivity contribution in [2.45, 2.75) is 12.5 Å². The number of carbonyl (C=O) groups is 1. The molecule has 3 rings (SSSR count). The van der Waals surface area contributed by atoms with Crippen LogP contribution in [0.5, 0.6) is 11.5 Å². The Morgan fingerprint density at radius 3 is 2.76 bits per heavy atom. The number of nitrogens with zero attached hydrogens (tertiary/aromatic N) is 1. The second-order valence-corrected chi connectivity index (χ2v) is 6.03. The van der Waals surface area contributed by atoms with Crippen LogP contribution in [0.2, 0.25) is 5.02 Å². The summed E-state index contributed by atoms with van der Waals surface area (Å²) in [5.41, 5.74) is 7.15. The van der Waals surface area contributed by atoms with E-state index in [2.05, 4.69) is 11.9 Å². The van der Waals surface area contributed by atoms with Gasteiger partial charge >= 0.3 is 0 Å². The maximum Gasteiger partial charge on any atom is 0.172 e. The van der Waals surface area contributed by atoms with Crippen LogP contribution in [0, 0.1) is 5.92 Å². The SMILES string of the molecule is CN1CC(CN)CC1c1c(Cl)cc(C=O)c2c1OCCO2. The fourth-order valence-electron chi connectivity index (χ4n) is 3.23. The van der Waals surface area contributed by atoms with Crippen molar-refractivity contribution in [1.29, 1.82) is 0 Å². The summed E-state index contributed by atoms with van der Waals surface area (Å²) >= 11 is 6.43. The van der Waals surface area contributed by atoms with Gasteiger partial charge in [-0.2, -0.15) is 0 Å². The van der Waals surface area contributed by atoms with Gasteiger partial charge in [-0.3, -0.25) is 9.69 Å². The first-order valence-corrected chi connectivity index (χ1v) is 7.51. The Hall–Kier alpha value is -1.30. The van der Waals surface area contributed by atoms with E-state index in [-0.39, 0.29) is 6.04 Å². The number of benzene rings is 1. The molecule has 0 saturated carbocycles. The van der Waals surface area contributed by atoms with Crippen molar-refractivity contribution in [2.24, 2.45) is 11.7 Å². The largest absolute Gasteiger partial charge is 0.486 e.